The third-order valence-electron chi connectivity index (χ3n) is 4.52. The van der Waals surface area contributed by atoms with Crippen LogP contribution in [-0.4, -0.2) is 45.1 Å². The van der Waals surface area contributed by atoms with Gasteiger partial charge in [0.25, 0.3) is 0 Å². The Labute approximate surface area is 175 Å². The molecule has 1 amide bonds. The van der Waals surface area contributed by atoms with Crippen molar-refractivity contribution in [2.24, 2.45) is 5.92 Å². The van der Waals surface area contributed by atoms with E-state index in [1.165, 1.54) is 11.3 Å². The number of nitrogens with one attached hydrogen (secondary N) is 1. The molecular weight excluding hydrogens is 412 g/mol. The van der Waals surface area contributed by atoms with Gasteiger partial charge in [-0.15, -0.1) is 31.7 Å². The molecule has 28 heavy (non-hydrogen) atoms. The SMILES string of the molecule is CCSc1nnc(NC(=O)C2CCN(c3ccc(-c4cccs4)nn3)CC2)s1. The predicted octanol–water partition coefficient (Wildman–Crippen LogP) is 4.02. The molecule has 10 heteroatoms. The van der Waals surface area contributed by atoms with Gasteiger partial charge in [0, 0.05) is 19.0 Å². The molecule has 3 aromatic heterocycles. The molecule has 0 saturated carbocycles. The molecule has 146 valence electrons. The molecule has 0 spiro atoms. The number of thioether (sulfide) groups is 1. The zero-order valence-electron chi connectivity index (χ0n) is 15.4. The van der Waals surface area contributed by atoms with Crippen molar-refractivity contribution >= 4 is 51.3 Å². The first-order valence-corrected chi connectivity index (χ1v) is 11.8. The van der Waals surface area contributed by atoms with E-state index in [2.05, 4.69) is 37.5 Å². The van der Waals surface area contributed by atoms with Gasteiger partial charge in [-0.1, -0.05) is 36.1 Å². The summed E-state index contributed by atoms with van der Waals surface area (Å²) in [5, 5.41) is 22.4. The second-order valence-electron chi connectivity index (χ2n) is 6.31. The van der Waals surface area contributed by atoms with E-state index in [1.54, 1.807) is 23.1 Å². The summed E-state index contributed by atoms with van der Waals surface area (Å²) in [7, 11) is 0. The van der Waals surface area contributed by atoms with Gasteiger partial charge in [-0.05, 0) is 42.2 Å². The lowest BCUT2D eigenvalue weighted by Gasteiger charge is -2.31. The first kappa shape index (κ1) is 19.3. The van der Waals surface area contributed by atoms with E-state index in [9.17, 15) is 4.79 Å². The van der Waals surface area contributed by atoms with Crippen molar-refractivity contribution in [2.75, 3.05) is 29.1 Å². The smallest absolute Gasteiger partial charge is 0.229 e. The van der Waals surface area contributed by atoms with Crippen LogP contribution < -0.4 is 10.2 Å². The molecule has 1 aliphatic rings. The molecule has 0 aliphatic carbocycles. The lowest BCUT2D eigenvalue weighted by Crippen LogP contribution is -2.38. The van der Waals surface area contributed by atoms with E-state index in [-0.39, 0.29) is 11.8 Å². The van der Waals surface area contributed by atoms with Crippen molar-refractivity contribution in [3.63, 3.8) is 0 Å². The number of rotatable bonds is 6. The number of thiophene rings is 1. The summed E-state index contributed by atoms with van der Waals surface area (Å²) in [5.41, 5.74) is 0.894. The van der Waals surface area contributed by atoms with Gasteiger partial charge in [0.15, 0.2) is 10.2 Å². The second kappa shape index (κ2) is 8.97. The number of anilines is 2. The van der Waals surface area contributed by atoms with Crippen LogP contribution in [0.4, 0.5) is 10.9 Å². The van der Waals surface area contributed by atoms with Gasteiger partial charge in [0.05, 0.1) is 4.88 Å². The minimum Gasteiger partial charge on any atom is -0.355 e. The van der Waals surface area contributed by atoms with Crippen LogP contribution in [0.5, 0.6) is 0 Å². The maximum Gasteiger partial charge on any atom is 0.229 e. The summed E-state index contributed by atoms with van der Waals surface area (Å²) in [5.74, 6) is 1.83. The Morgan fingerprint density at radius 2 is 2.07 bits per heavy atom. The van der Waals surface area contributed by atoms with Crippen molar-refractivity contribution in [1.29, 1.82) is 0 Å². The number of carbonyl (C=O) groups excluding carboxylic acids is 1. The molecule has 0 atom stereocenters. The first-order valence-electron chi connectivity index (χ1n) is 9.12. The third kappa shape index (κ3) is 4.50. The monoisotopic (exact) mass is 432 g/mol. The Balaban J connectivity index is 1.30. The number of carbonyl (C=O) groups is 1. The highest BCUT2D eigenvalue weighted by atomic mass is 32.2. The van der Waals surface area contributed by atoms with Gasteiger partial charge < -0.3 is 10.2 Å². The molecule has 1 N–H and O–H groups in total. The fourth-order valence-corrected chi connectivity index (χ4v) is 5.41. The van der Waals surface area contributed by atoms with Crippen LogP contribution in [0.25, 0.3) is 10.6 Å². The van der Waals surface area contributed by atoms with Gasteiger partial charge in [-0.25, -0.2) is 0 Å². The van der Waals surface area contributed by atoms with Crippen LogP contribution in [-0.2, 0) is 4.79 Å². The highest BCUT2D eigenvalue weighted by molar-refractivity contribution is 8.01. The zero-order chi connectivity index (χ0) is 19.3. The molecule has 0 radical (unpaired) electrons. The van der Waals surface area contributed by atoms with Crippen LogP contribution in [0.15, 0.2) is 34.0 Å². The van der Waals surface area contributed by atoms with E-state index in [4.69, 9.17) is 0 Å². The van der Waals surface area contributed by atoms with Crippen LogP contribution >= 0.6 is 34.4 Å². The predicted molar refractivity (Wildman–Crippen MR) is 115 cm³/mol. The topological polar surface area (TPSA) is 83.9 Å². The average molecular weight is 433 g/mol. The highest BCUT2D eigenvalue weighted by Crippen LogP contribution is 2.28. The van der Waals surface area contributed by atoms with Crippen molar-refractivity contribution in [1.82, 2.24) is 20.4 Å². The van der Waals surface area contributed by atoms with E-state index in [0.29, 0.717) is 5.13 Å². The van der Waals surface area contributed by atoms with Crippen molar-refractivity contribution in [2.45, 2.75) is 24.1 Å². The van der Waals surface area contributed by atoms with Crippen LogP contribution in [0.1, 0.15) is 19.8 Å². The fraction of sp³-hybridized carbons (Fsp3) is 0.389. The Bertz CT molecular complexity index is 904. The van der Waals surface area contributed by atoms with Gasteiger partial charge in [0.2, 0.25) is 11.0 Å². The molecule has 0 unspecified atom stereocenters. The van der Waals surface area contributed by atoms with Gasteiger partial charge >= 0.3 is 0 Å². The number of amides is 1. The Morgan fingerprint density at radius 3 is 2.75 bits per heavy atom. The van der Waals surface area contributed by atoms with Crippen molar-refractivity contribution in [3.8, 4) is 10.6 Å². The lowest BCUT2D eigenvalue weighted by molar-refractivity contribution is -0.120. The summed E-state index contributed by atoms with van der Waals surface area (Å²) in [4.78, 5) is 15.8. The molecule has 1 aliphatic heterocycles. The third-order valence-corrected chi connectivity index (χ3v) is 7.26. The van der Waals surface area contributed by atoms with E-state index < -0.39 is 0 Å². The molecular formula is C18H20N6OS3. The molecule has 7 nitrogen and oxygen atoms in total. The zero-order valence-corrected chi connectivity index (χ0v) is 17.8. The second-order valence-corrected chi connectivity index (χ2v) is 9.75. The van der Waals surface area contributed by atoms with Gasteiger partial charge in [0.1, 0.15) is 5.69 Å². The van der Waals surface area contributed by atoms with Crippen LogP contribution in [0, 0.1) is 5.92 Å². The van der Waals surface area contributed by atoms with Crippen molar-refractivity contribution in [3.05, 3.63) is 29.6 Å². The molecule has 3 aromatic rings. The van der Waals surface area contributed by atoms with Crippen LogP contribution in [0.2, 0.25) is 0 Å². The normalized spacial score (nSPS) is 15.0. The number of hydrogen-bond acceptors (Lipinski definition) is 9. The molecule has 0 aromatic carbocycles. The Hall–Kier alpha value is -2.04. The minimum atomic E-state index is -0.0132. The van der Waals surface area contributed by atoms with Gasteiger partial charge in [-0.3, -0.25) is 4.79 Å². The summed E-state index contributed by atoms with van der Waals surface area (Å²) in [6.45, 7) is 3.65. The molecule has 0 bridgehead atoms. The molecule has 4 rings (SSSR count). The fourth-order valence-electron chi connectivity index (χ4n) is 3.07. The number of aromatic nitrogens is 4. The standard InChI is InChI=1S/C18H20N6OS3/c1-2-26-18-23-22-17(28-18)19-16(25)12-7-9-24(10-8-12)15-6-5-13(20-21-15)14-4-3-11-27-14/h3-6,11-12H,2,7-10H2,1H3,(H,19,22,25). The summed E-state index contributed by atoms with van der Waals surface area (Å²) < 4.78 is 0.886. The summed E-state index contributed by atoms with van der Waals surface area (Å²) in [6.07, 6.45) is 1.57. The Kier molecular flexibility index (Phi) is 6.18. The summed E-state index contributed by atoms with van der Waals surface area (Å²) >= 11 is 4.71. The number of piperidine rings is 1. The Morgan fingerprint density at radius 1 is 1.21 bits per heavy atom. The van der Waals surface area contributed by atoms with Gasteiger partial charge in [-0.2, -0.15) is 0 Å². The molecule has 4 heterocycles. The summed E-state index contributed by atoms with van der Waals surface area (Å²) in [6, 6.07) is 8.07. The minimum absolute atomic E-state index is 0.0132. The molecule has 1 fully saturated rings. The maximum atomic E-state index is 12.5. The van der Waals surface area contributed by atoms with Crippen molar-refractivity contribution < 1.29 is 4.79 Å². The number of nitrogens with zero attached hydrogens (tertiary/aromatic N) is 5. The van der Waals surface area contributed by atoms with E-state index >= 15 is 0 Å². The quantitative estimate of drug-likeness (QED) is 0.465. The maximum absolute atomic E-state index is 12.5. The van der Waals surface area contributed by atoms with Crippen LogP contribution in [0.3, 0.4) is 0 Å². The average Bonchev–Trinajstić information content (AvgIpc) is 3.41. The number of hydrogen-bond donors (Lipinski definition) is 1. The largest absolute Gasteiger partial charge is 0.355 e. The van der Waals surface area contributed by atoms with E-state index in [0.717, 1.165) is 52.4 Å². The lowest BCUT2D eigenvalue weighted by atomic mass is 9.96. The first-order chi connectivity index (χ1) is 13.7. The highest BCUT2D eigenvalue weighted by Gasteiger charge is 2.26. The van der Waals surface area contributed by atoms with E-state index in [1.807, 2.05) is 29.6 Å². The molecule has 1 saturated heterocycles.